The van der Waals surface area contributed by atoms with Crippen LogP contribution in [0.3, 0.4) is 0 Å². The predicted molar refractivity (Wildman–Crippen MR) is 111 cm³/mol. The number of ether oxygens (including phenoxy) is 1. The summed E-state index contributed by atoms with van der Waals surface area (Å²) in [7, 11) is 1.57. The second kappa shape index (κ2) is 7.81. The summed E-state index contributed by atoms with van der Waals surface area (Å²) in [5.74, 6) is 1.39. The molecule has 3 heterocycles. The van der Waals surface area contributed by atoms with Gasteiger partial charge in [-0.1, -0.05) is 17.7 Å². The van der Waals surface area contributed by atoms with Crippen LogP contribution in [0.1, 0.15) is 18.4 Å². The Hall–Kier alpha value is -2.57. The number of rotatable bonds is 5. The quantitative estimate of drug-likeness (QED) is 0.714. The van der Waals surface area contributed by atoms with Gasteiger partial charge in [-0.05, 0) is 48.7 Å². The van der Waals surface area contributed by atoms with Crippen molar-refractivity contribution in [2.75, 3.05) is 25.2 Å². The summed E-state index contributed by atoms with van der Waals surface area (Å²) in [6, 6.07) is 12.8. The van der Waals surface area contributed by atoms with Crippen LogP contribution in [0, 0.1) is 0 Å². The third kappa shape index (κ3) is 3.45. The molecule has 2 aromatic heterocycles. The van der Waals surface area contributed by atoms with Crippen LogP contribution in [0.15, 0.2) is 47.3 Å². The molecule has 1 fully saturated rings. The average molecular weight is 400 g/mol. The lowest BCUT2D eigenvalue weighted by Gasteiger charge is -2.24. The number of benzene rings is 1. The highest BCUT2D eigenvalue weighted by Crippen LogP contribution is 2.27. The smallest absolute Gasteiger partial charge is 0.252 e. The van der Waals surface area contributed by atoms with E-state index in [-0.39, 0.29) is 18.2 Å². The summed E-state index contributed by atoms with van der Waals surface area (Å²) < 4.78 is 6.85. The average Bonchev–Trinajstić information content (AvgIpc) is 3.19. The van der Waals surface area contributed by atoms with Gasteiger partial charge < -0.3 is 14.7 Å². The Morgan fingerprint density at radius 3 is 2.82 bits per heavy atom. The first-order chi connectivity index (χ1) is 13.6. The maximum absolute atomic E-state index is 12.6. The number of nitrogens with zero attached hydrogens (tertiary/aromatic N) is 3. The molecule has 1 saturated heterocycles. The molecule has 0 saturated carbocycles. The van der Waals surface area contributed by atoms with Crippen LogP contribution in [0.4, 0.5) is 5.82 Å². The lowest BCUT2D eigenvalue weighted by Crippen LogP contribution is -2.33. The van der Waals surface area contributed by atoms with Gasteiger partial charge in [0, 0.05) is 18.0 Å². The first-order valence-corrected chi connectivity index (χ1v) is 9.69. The maximum atomic E-state index is 12.6. The number of methoxy groups -OCH3 is 1. The number of aliphatic hydroxyl groups excluding tert-OH is 1. The Bertz CT molecular complexity index is 1070. The van der Waals surface area contributed by atoms with Crippen LogP contribution < -0.4 is 15.2 Å². The van der Waals surface area contributed by atoms with Gasteiger partial charge >= 0.3 is 0 Å². The Morgan fingerprint density at radius 2 is 2.07 bits per heavy atom. The van der Waals surface area contributed by atoms with E-state index in [0.717, 1.165) is 36.2 Å². The van der Waals surface area contributed by atoms with Gasteiger partial charge in [-0.2, -0.15) is 0 Å². The van der Waals surface area contributed by atoms with Crippen LogP contribution in [0.5, 0.6) is 5.75 Å². The first kappa shape index (κ1) is 18.8. The highest BCUT2D eigenvalue weighted by molar-refractivity contribution is 6.32. The number of aromatic nitrogens is 2. The largest absolute Gasteiger partial charge is 0.495 e. The van der Waals surface area contributed by atoms with E-state index in [2.05, 4.69) is 4.90 Å². The third-order valence-electron chi connectivity index (χ3n) is 5.26. The van der Waals surface area contributed by atoms with Gasteiger partial charge in [0.1, 0.15) is 17.2 Å². The molecule has 0 bridgehead atoms. The van der Waals surface area contributed by atoms with Crippen LogP contribution in [0.2, 0.25) is 5.02 Å². The molecular formula is C21H22ClN3O3. The number of pyridine rings is 2. The monoisotopic (exact) mass is 399 g/mol. The minimum atomic E-state index is -0.121. The number of hydrogen-bond acceptors (Lipinski definition) is 5. The van der Waals surface area contributed by atoms with Crippen LogP contribution in [-0.4, -0.2) is 41.0 Å². The van der Waals surface area contributed by atoms with Crippen molar-refractivity contribution in [1.29, 1.82) is 0 Å². The normalized spacial score (nSPS) is 16.7. The van der Waals surface area contributed by atoms with Gasteiger partial charge in [0.05, 0.1) is 31.3 Å². The van der Waals surface area contributed by atoms with Crippen molar-refractivity contribution in [3.63, 3.8) is 0 Å². The second-order valence-electron chi connectivity index (χ2n) is 6.98. The number of fused-ring (bicyclic) bond motifs is 1. The van der Waals surface area contributed by atoms with Crippen LogP contribution >= 0.6 is 11.6 Å². The molecule has 28 heavy (non-hydrogen) atoms. The molecular weight excluding hydrogens is 378 g/mol. The predicted octanol–water partition coefficient (Wildman–Crippen LogP) is 3.07. The number of aliphatic hydroxyl groups is 1. The van der Waals surface area contributed by atoms with Crippen molar-refractivity contribution < 1.29 is 9.84 Å². The standard InChI is InChI=1S/C21H22ClN3O3/c1-28-18-7-4-14(11-17(18)22)12-25-20(27)9-6-15-5-8-19(23-21(15)25)24-10-2-3-16(24)13-26/h4-9,11,16,26H,2-3,10,12-13H2,1H3. The van der Waals surface area contributed by atoms with Crippen molar-refractivity contribution in [2.24, 2.45) is 0 Å². The molecule has 0 aliphatic carbocycles. The molecule has 1 aliphatic rings. The lowest BCUT2D eigenvalue weighted by molar-refractivity contribution is 0.266. The Balaban J connectivity index is 1.76. The van der Waals surface area contributed by atoms with Gasteiger partial charge in [0.15, 0.2) is 0 Å². The third-order valence-corrected chi connectivity index (χ3v) is 5.55. The fourth-order valence-electron chi connectivity index (χ4n) is 3.78. The molecule has 0 radical (unpaired) electrons. The number of hydrogen-bond donors (Lipinski definition) is 1. The van der Waals surface area contributed by atoms with E-state index in [1.54, 1.807) is 35.9 Å². The van der Waals surface area contributed by atoms with E-state index in [9.17, 15) is 9.90 Å². The van der Waals surface area contributed by atoms with Gasteiger partial charge in [-0.3, -0.25) is 9.36 Å². The highest BCUT2D eigenvalue weighted by atomic mass is 35.5. The summed E-state index contributed by atoms with van der Waals surface area (Å²) in [6.45, 7) is 1.32. The molecule has 1 aliphatic heterocycles. The lowest BCUT2D eigenvalue weighted by atomic mass is 10.2. The van der Waals surface area contributed by atoms with E-state index in [0.29, 0.717) is 23.0 Å². The SMILES string of the molecule is COc1ccc(Cn2c(=O)ccc3ccc(N4CCCC4CO)nc32)cc1Cl. The molecule has 1 atom stereocenters. The zero-order chi connectivity index (χ0) is 19.7. The van der Waals surface area contributed by atoms with Gasteiger partial charge in [-0.25, -0.2) is 4.98 Å². The van der Waals surface area contributed by atoms with Crippen molar-refractivity contribution in [1.82, 2.24) is 9.55 Å². The van der Waals surface area contributed by atoms with Crippen molar-refractivity contribution in [3.8, 4) is 5.75 Å². The van der Waals surface area contributed by atoms with E-state index in [1.807, 2.05) is 18.2 Å². The second-order valence-corrected chi connectivity index (χ2v) is 7.39. The molecule has 4 rings (SSSR count). The summed E-state index contributed by atoms with van der Waals surface area (Å²) in [6.07, 6.45) is 1.97. The molecule has 6 nitrogen and oxygen atoms in total. The minimum absolute atomic E-state index is 0.0780. The molecule has 0 amide bonds. The highest BCUT2D eigenvalue weighted by Gasteiger charge is 2.25. The summed E-state index contributed by atoms with van der Waals surface area (Å²) >= 11 is 6.24. The molecule has 1 aromatic carbocycles. The Labute approximate surface area is 168 Å². The van der Waals surface area contributed by atoms with E-state index >= 15 is 0 Å². The number of anilines is 1. The summed E-state index contributed by atoms with van der Waals surface area (Å²) in [5.41, 5.74) is 1.40. The molecule has 3 aromatic rings. The molecule has 0 spiro atoms. The van der Waals surface area contributed by atoms with Crippen LogP contribution in [-0.2, 0) is 6.54 Å². The van der Waals surface area contributed by atoms with Gasteiger partial charge in [0.2, 0.25) is 0 Å². The van der Waals surface area contributed by atoms with Gasteiger partial charge in [0.25, 0.3) is 5.56 Å². The fraction of sp³-hybridized carbons (Fsp3) is 0.333. The Kier molecular flexibility index (Phi) is 5.24. The molecule has 7 heteroatoms. The van der Waals surface area contributed by atoms with Crippen molar-refractivity contribution in [2.45, 2.75) is 25.4 Å². The zero-order valence-electron chi connectivity index (χ0n) is 15.6. The van der Waals surface area contributed by atoms with Crippen molar-refractivity contribution >= 4 is 28.5 Å². The van der Waals surface area contributed by atoms with E-state index in [1.165, 1.54) is 0 Å². The Morgan fingerprint density at radius 1 is 1.25 bits per heavy atom. The van der Waals surface area contributed by atoms with Crippen molar-refractivity contribution in [3.05, 3.63) is 63.4 Å². The molecule has 1 unspecified atom stereocenters. The van der Waals surface area contributed by atoms with E-state index in [4.69, 9.17) is 21.3 Å². The zero-order valence-corrected chi connectivity index (χ0v) is 16.4. The topological polar surface area (TPSA) is 67.6 Å². The number of halogens is 1. The maximum Gasteiger partial charge on any atom is 0.252 e. The first-order valence-electron chi connectivity index (χ1n) is 9.31. The summed E-state index contributed by atoms with van der Waals surface area (Å²) in [4.78, 5) is 19.5. The summed E-state index contributed by atoms with van der Waals surface area (Å²) in [5, 5.41) is 11.0. The minimum Gasteiger partial charge on any atom is -0.495 e. The van der Waals surface area contributed by atoms with E-state index < -0.39 is 0 Å². The molecule has 1 N–H and O–H groups in total. The molecule has 146 valence electrons. The van der Waals surface area contributed by atoms with Gasteiger partial charge in [-0.15, -0.1) is 0 Å². The fourth-order valence-corrected chi connectivity index (χ4v) is 4.06. The van der Waals surface area contributed by atoms with Crippen LogP contribution in [0.25, 0.3) is 11.0 Å².